The number of hydrogen-bond acceptors (Lipinski definition) is 4. The van der Waals surface area contributed by atoms with Crippen LogP contribution in [0.4, 0.5) is 0 Å². The van der Waals surface area contributed by atoms with E-state index in [0.717, 1.165) is 38.9 Å². The highest BCUT2D eigenvalue weighted by Gasteiger charge is 2.07. The average Bonchev–Trinajstić information content (AvgIpc) is 3.19. The van der Waals surface area contributed by atoms with Crippen LogP contribution in [0.25, 0.3) is 22.0 Å². The van der Waals surface area contributed by atoms with Crippen LogP contribution in [0, 0.1) is 0 Å². The number of ether oxygens (including phenoxy) is 1. The Morgan fingerprint density at radius 2 is 1.80 bits per heavy atom. The molecule has 0 unspecified atom stereocenters. The molecule has 2 N–H and O–H groups in total. The van der Waals surface area contributed by atoms with Crippen molar-refractivity contribution in [1.82, 2.24) is 9.78 Å². The van der Waals surface area contributed by atoms with E-state index < -0.39 is 5.97 Å². The second-order valence-corrected chi connectivity index (χ2v) is 7.08. The van der Waals surface area contributed by atoms with E-state index in [-0.39, 0.29) is 13.0 Å². The fourth-order valence-electron chi connectivity index (χ4n) is 3.34. The Labute approximate surface area is 174 Å². The van der Waals surface area contributed by atoms with Crippen LogP contribution in [0.3, 0.4) is 0 Å². The first-order valence-corrected chi connectivity index (χ1v) is 9.71. The number of nitrogens with zero attached hydrogens (tertiary/aromatic N) is 2. The lowest BCUT2D eigenvalue weighted by molar-refractivity contribution is -0.137. The normalized spacial score (nSPS) is 11.0. The molecule has 0 aliphatic rings. The molecule has 0 amide bonds. The van der Waals surface area contributed by atoms with Crippen molar-refractivity contribution in [2.75, 3.05) is 0 Å². The highest BCUT2D eigenvalue weighted by molar-refractivity contribution is 5.80. The van der Waals surface area contributed by atoms with Crippen LogP contribution in [-0.2, 0) is 24.6 Å². The molecule has 4 aromatic rings. The molecule has 0 radical (unpaired) electrons. The summed E-state index contributed by atoms with van der Waals surface area (Å²) in [6.45, 7) is 0.810. The lowest BCUT2D eigenvalue weighted by atomic mass is 10.0. The molecule has 30 heavy (non-hydrogen) atoms. The first-order chi connectivity index (χ1) is 14.6. The number of hydrogen-bond donors (Lipinski definition) is 2. The van der Waals surface area contributed by atoms with Crippen molar-refractivity contribution >= 4 is 16.9 Å². The third-order valence-electron chi connectivity index (χ3n) is 4.95. The summed E-state index contributed by atoms with van der Waals surface area (Å²) in [5.74, 6) is -0.106. The molecule has 152 valence electrons. The van der Waals surface area contributed by atoms with E-state index in [2.05, 4.69) is 5.10 Å². The molecule has 0 atom stereocenters. The Balaban J connectivity index is 1.41. The van der Waals surface area contributed by atoms with E-state index in [9.17, 15) is 9.90 Å². The summed E-state index contributed by atoms with van der Waals surface area (Å²) in [6.07, 6.45) is 1.76. The highest BCUT2D eigenvalue weighted by atomic mass is 16.5. The Morgan fingerprint density at radius 3 is 2.57 bits per heavy atom. The van der Waals surface area contributed by atoms with Gasteiger partial charge in [-0.2, -0.15) is 5.10 Å². The Kier molecular flexibility index (Phi) is 5.77. The number of aliphatic carboxylic acids is 1. The van der Waals surface area contributed by atoms with E-state index in [1.54, 1.807) is 10.9 Å². The predicted octanol–water partition coefficient (Wildman–Crippen LogP) is 4.25. The molecular formula is C24H22N2O4. The van der Waals surface area contributed by atoms with Gasteiger partial charge in [-0.15, -0.1) is 0 Å². The van der Waals surface area contributed by atoms with Gasteiger partial charge in [-0.1, -0.05) is 42.5 Å². The van der Waals surface area contributed by atoms with Gasteiger partial charge in [-0.05, 0) is 46.5 Å². The van der Waals surface area contributed by atoms with Gasteiger partial charge in [-0.25, -0.2) is 0 Å². The maximum atomic E-state index is 10.8. The minimum absolute atomic E-state index is 0.0303. The molecule has 0 saturated carbocycles. The van der Waals surface area contributed by atoms with E-state index in [1.165, 1.54) is 0 Å². The van der Waals surface area contributed by atoms with Crippen molar-refractivity contribution < 1.29 is 19.7 Å². The number of carboxylic acids is 1. The zero-order chi connectivity index (χ0) is 20.9. The van der Waals surface area contributed by atoms with Gasteiger partial charge in [-0.3, -0.25) is 9.48 Å². The molecule has 3 aromatic carbocycles. The van der Waals surface area contributed by atoms with E-state index in [1.807, 2.05) is 66.7 Å². The summed E-state index contributed by atoms with van der Waals surface area (Å²) in [5.41, 5.74) is 4.98. The maximum Gasteiger partial charge on any atom is 0.305 e. The molecule has 0 fully saturated rings. The molecular weight excluding hydrogens is 380 g/mol. The quantitative estimate of drug-likeness (QED) is 0.460. The summed E-state index contributed by atoms with van der Waals surface area (Å²) in [7, 11) is 0. The van der Waals surface area contributed by atoms with Crippen LogP contribution in [0.2, 0.25) is 0 Å². The van der Waals surface area contributed by atoms with Crippen molar-refractivity contribution in [3.8, 4) is 16.9 Å². The van der Waals surface area contributed by atoms with Gasteiger partial charge in [0.05, 0.1) is 31.3 Å². The van der Waals surface area contributed by atoms with Crippen LogP contribution in [0.1, 0.15) is 17.5 Å². The van der Waals surface area contributed by atoms with Crippen molar-refractivity contribution in [3.63, 3.8) is 0 Å². The van der Waals surface area contributed by atoms with Crippen LogP contribution in [-0.4, -0.2) is 26.0 Å². The fourth-order valence-corrected chi connectivity index (χ4v) is 3.34. The van der Waals surface area contributed by atoms with E-state index in [0.29, 0.717) is 13.2 Å². The summed E-state index contributed by atoms with van der Waals surface area (Å²) in [6, 6.07) is 21.7. The first kappa shape index (κ1) is 19.7. The Hall–Kier alpha value is -3.64. The van der Waals surface area contributed by atoms with Crippen LogP contribution >= 0.6 is 0 Å². The number of aliphatic hydroxyl groups excluding tert-OH is 1. The molecule has 0 spiro atoms. The summed E-state index contributed by atoms with van der Waals surface area (Å²) in [5, 5.41) is 23.3. The third kappa shape index (κ3) is 4.50. The summed E-state index contributed by atoms with van der Waals surface area (Å²) < 4.78 is 7.62. The molecule has 4 rings (SSSR count). The van der Waals surface area contributed by atoms with Crippen LogP contribution in [0.5, 0.6) is 5.75 Å². The second-order valence-electron chi connectivity index (χ2n) is 7.08. The number of carbonyl (C=O) groups is 1. The van der Waals surface area contributed by atoms with Gasteiger partial charge in [0.2, 0.25) is 0 Å². The molecule has 1 aromatic heterocycles. The predicted molar refractivity (Wildman–Crippen MR) is 114 cm³/mol. The molecule has 0 bridgehead atoms. The topological polar surface area (TPSA) is 84.6 Å². The average molecular weight is 402 g/mol. The van der Waals surface area contributed by atoms with E-state index in [4.69, 9.17) is 9.84 Å². The van der Waals surface area contributed by atoms with Crippen LogP contribution in [0.15, 0.2) is 72.9 Å². The molecule has 1 heterocycles. The van der Waals surface area contributed by atoms with Crippen LogP contribution < -0.4 is 4.74 Å². The first-order valence-electron chi connectivity index (χ1n) is 9.71. The van der Waals surface area contributed by atoms with E-state index >= 15 is 0 Å². The number of aromatic nitrogens is 2. The van der Waals surface area contributed by atoms with Crippen molar-refractivity contribution in [2.24, 2.45) is 0 Å². The second kappa shape index (κ2) is 8.80. The number of carboxylic acid groups (broad SMARTS) is 1. The number of rotatable bonds is 8. The molecule has 0 aliphatic heterocycles. The number of fused-ring (bicyclic) bond motifs is 1. The van der Waals surface area contributed by atoms with Gasteiger partial charge < -0.3 is 14.9 Å². The smallest absolute Gasteiger partial charge is 0.305 e. The fraction of sp³-hybridized carbons (Fsp3) is 0.167. The monoisotopic (exact) mass is 402 g/mol. The summed E-state index contributed by atoms with van der Waals surface area (Å²) >= 11 is 0. The minimum atomic E-state index is -0.842. The molecule has 6 nitrogen and oxygen atoms in total. The number of benzene rings is 3. The zero-order valence-electron chi connectivity index (χ0n) is 16.4. The number of aliphatic hydroxyl groups is 1. The van der Waals surface area contributed by atoms with Crippen molar-refractivity contribution in [2.45, 2.75) is 26.2 Å². The van der Waals surface area contributed by atoms with Gasteiger partial charge in [0, 0.05) is 5.39 Å². The highest BCUT2D eigenvalue weighted by Crippen LogP contribution is 2.24. The Morgan fingerprint density at radius 1 is 0.967 bits per heavy atom. The third-order valence-corrected chi connectivity index (χ3v) is 4.95. The largest absolute Gasteiger partial charge is 0.489 e. The standard InChI is InChI=1S/C24H22N2O4/c27-15-18-2-1-3-20(12-18)19-6-4-17(5-7-19)16-30-22-8-9-23-21(13-22)14-25-26(23)11-10-24(28)29/h1-9,12-14,27H,10-11,15-16H2,(H,28,29). The zero-order valence-corrected chi connectivity index (χ0v) is 16.4. The maximum absolute atomic E-state index is 10.8. The summed E-state index contributed by atoms with van der Waals surface area (Å²) in [4.78, 5) is 10.8. The molecule has 0 saturated heterocycles. The van der Waals surface area contributed by atoms with Gasteiger partial charge >= 0.3 is 5.97 Å². The molecule has 0 aliphatic carbocycles. The van der Waals surface area contributed by atoms with Gasteiger partial charge in [0.25, 0.3) is 0 Å². The van der Waals surface area contributed by atoms with Gasteiger partial charge in [0.1, 0.15) is 12.4 Å². The lowest BCUT2D eigenvalue weighted by Gasteiger charge is -2.09. The van der Waals surface area contributed by atoms with Crippen molar-refractivity contribution in [3.05, 3.63) is 84.1 Å². The SMILES string of the molecule is O=C(O)CCn1ncc2cc(OCc3ccc(-c4cccc(CO)c4)cc3)ccc21. The molecule has 6 heteroatoms. The van der Waals surface area contributed by atoms with Gasteiger partial charge in [0.15, 0.2) is 0 Å². The Bertz CT molecular complexity index is 1170. The van der Waals surface area contributed by atoms with Crippen molar-refractivity contribution in [1.29, 1.82) is 0 Å². The minimum Gasteiger partial charge on any atom is -0.489 e. The lowest BCUT2D eigenvalue weighted by Crippen LogP contribution is -2.05. The number of aryl methyl sites for hydroxylation is 1.